The topological polar surface area (TPSA) is 74.5 Å². The smallest absolute Gasteiger partial charge is 0.269 e. The lowest BCUT2D eigenvalue weighted by atomic mass is 10.2. The van der Waals surface area contributed by atoms with Crippen molar-refractivity contribution in [3.63, 3.8) is 0 Å². The molecule has 0 spiro atoms. The van der Waals surface area contributed by atoms with Crippen molar-refractivity contribution in [2.45, 2.75) is 6.54 Å². The highest BCUT2D eigenvalue weighted by Gasteiger charge is 2.17. The van der Waals surface area contributed by atoms with Gasteiger partial charge in [0.05, 0.1) is 4.92 Å². The maximum absolute atomic E-state index is 10.7. The molecule has 7 heteroatoms. The lowest BCUT2D eigenvalue weighted by molar-refractivity contribution is -0.384. The number of nitrogens with zero attached hydrogens (tertiary/aromatic N) is 4. The highest BCUT2D eigenvalue weighted by molar-refractivity contribution is 5.51. The molecule has 0 unspecified atom stereocenters. The van der Waals surface area contributed by atoms with E-state index in [4.69, 9.17) is 0 Å². The normalized spacial score (nSPS) is 15.3. The minimum absolute atomic E-state index is 0.141. The first-order valence-corrected chi connectivity index (χ1v) is 8.54. The van der Waals surface area contributed by atoms with E-state index in [1.54, 1.807) is 18.3 Å². The molecule has 0 amide bonds. The number of rotatable bonds is 7. The van der Waals surface area contributed by atoms with Gasteiger partial charge in [0.15, 0.2) is 0 Å². The van der Waals surface area contributed by atoms with Crippen LogP contribution in [0.1, 0.15) is 5.56 Å². The lowest BCUT2D eigenvalue weighted by Crippen LogP contribution is -2.48. The third-order valence-corrected chi connectivity index (χ3v) is 4.45. The molecule has 2 heterocycles. The van der Waals surface area contributed by atoms with Crippen LogP contribution in [0.15, 0.2) is 48.8 Å². The van der Waals surface area contributed by atoms with Gasteiger partial charge in [-0.3, -0.25) is 20.0 Å². The fourth-order valence-electron chi connectivity index (χ4n) is 2.99. The second kappa shape index (κ2) is 8.55. The average molecular weight is 341 g/mol. The van der Waals surface area contributed by atoms with E-state index in [1.807, 2.05) is 24.4 Å². The first-order chi connectivity index (χ1) is 12.2. The van der Waals surface area contributed by atoms with Crippen molar-refractivity contribution >= 4 is 11.4 Å². The molecule has 1 aliphatic heterocycles. The van der Waals surface area contributed by atoms with Crippen LogP contribution >= 0.6 is 0 Å². The number of piperazine rings is 1. The highest BCUT2D eigenvalue weighted by atomic mass is 16.6. The number of hydrogen-bond donors (Lipinski definition) is 1. The van der Waals surface area contributed by atoms with Crippen LogP contribution < -0.4 is 10.2 Å². The number of aromatic nitrogens is 1. The Morgan fingerprint density at radius 2 is 1.88 bits per heavy atom. The fraction of sp³-hybridized carbons (Fsp3) is 0.389. The van der Waals surface area contributed by atoms with Crippen LogP contribution in [0.25, 0.3) is 0 Å². The standard InChI is InChI=1S/C18H23N5O2/c24-23(25)18-5-3-17(4-6-18)22-12-10-21(11-13-22)9-8-20-15-16-2-1-7-19-14-16/h1-7,14,20H,8-13,15H2. The quantitative estimate of drug-likeness (QED) is 0.471. The van der Waals surface area contributed by atoms with E-state index in [0.29, 0.717) is 0 Å². The molecule has 1 saturated heterocycles. The van der Waals surface area contributed by atoms with Crippen molar-refractivity contribution in [1.82, 2.24) is 15.2 Å². The van der Waals surface area contributed by atoms with Gasteiger partial charge in [-0.05, 0) is 23.8 Å². The van der Waals surface area contributed by atoms with Crippen molar-refractivity contribution in [1.29, 1.82) is 0 Å². The van der Waals surface area contributed by atoms with Crippen molar-refractivity contribution in [2.24, 2.45) is 0 Å². The number of benzene rings is 1. The number of non-ortho nitro benzene ring substituents is 1. The highest BCUT2D eigenvalue weighted by Crippen LogP contribution is 2.20. The Morgan fingerprint density at radius 3 is 2.52 bits per heavy atom. The summed E-state index contributed by atoms with van der Waals surface area (Å²) in [6.45, 7) is 6.72. The van der Waals surface area contributed by atoms with Gasteiger partial charge in [-0.15, -0.1) is 0 Å². The minimum atomic E-state index is -0.361. The van der Waals surface area contributed by atoms with Crippen molar-refractivity contribution in [2.75, 3.05) is 44.2 Å². The number of nitrogens with one attached hydrogen (secondary N) is 1. The summed E-state index contributed by atoms with van der Waals surface area (Å²) in [6, 6.07) is 10.8. The largest absolute Gasteiger partial charge is 0.369 e. The van der Waals surface area contributed by atoms with Crippen LogP contribution in [0.4, 0.5) is 11.4 Å². The van der Waals surface area contributed by atoms with E-state index in [0.717, 1.165) is 51.5 Å². The Morgan fingerprint density at radius 1 is 1.12 bits per heavy atom. The summed E-state index contributed by atoms with van der Waals surface area (Å²) in [6.07, 6.45) is 3.67. The number of pyridine rings is 1. The van der Waals surface area contributed by atoms with Crippen LogP contribution in [-0.2, 0) is 6.54 Å². The first-order valence-electron chi connectivity index (χ1n) is 8.54. The van der Waals surface area contributed by atoms with Gasteiger partial charge < -0.3 is 10.2 Å². The van der Waals surface area contributed by atoms with Gasteiger partial charge in [-0.2, -0.15) is 0 Å². The van der Waals surface area contributed by atoms with Crippen molar-refractivity contribution in [3.05, 3.63) is 64.5 Å². The molecule has 1 aliphatic rings. The molecule has 1 aromatic carbocycles. The van der Waals surface area contributed by atoms with E-state index in [2.05, 4.69) is 26.2 Å². The molecule has 0 aliphatic carbocycles. The Balaban J connectivity index is 1.37. The zero-order chi connectivity index (χ0) is 17.5. The maximum atomic E-state index is 10.7. The Hall–Kier alpha value is -2.51. The second-order valence-corrected chi connectivity index (χ2v) is 6.14. The van der Waals surface area contributed by atoms with Gasteiger partial charge in [0.25, 0.3) is 5.69 Å². The van der Waals surface area contributed by atoms with E-state index >= 15 is 0 Å². The van der Waals surface area contributed by atoms with Crippen LogP contribution in [0.2, 0.25) is 0 Å². The molecular weight excluding hydrogens is 318 g/mol. The van der Waals surface area contributed by atoms with E-state index in [1.165, 1.54) is 5.56 Å². The second-order valence-electron chi connectivity index (χ2n) is 6.14. The predicted molar refractivity (Wildman–Crippen MR) is 97.7 cm³/mol. The number of anilines is 1. The van der Waals surface area contributed by atoms with E-state index in [-0.39, 0.29) is 10.6 Å². The molecule has 132 valence electrons. The summed E-state index contributed by atoms with van der Waals surface area (Å²) in [5.41, 5.74) is 2.40. The number of nitro groups is 1. The number of nitro benzene ring substituents is 1. The first kappa shape index (κ1) is 17.3. The summed E-state index contributed by atoms with van der Waals surface area (Å²) in [5, 5.41) is 14.2. The van der Waals surface area contributed by atoms with Crippen LogP contribution in [-0.4, -0.2) is 54.1 Å². The summed E-state index contributed by atoms with van der Waals surface area (Å²) in [5.74, 6) is 0. The molecular formula is C18H23N5O2. The van der Waals surface area contributed by atoms with Gasteiger partial charge in [0, 0.05) is 76.0 Å². The SMILES string of the molecule is O=[N+]([O-])c1ccc(N2CCN(CCNCc3cccnc3)CC2)cc1. The molecule has 25 heavy (non-hydrogen) atoms. The van der Waals surface area contributed by atoms with Crippen LogP contribution in [0.3, 0.4) is 0 Å². The summed E-state index contributed by atoms with van der Waals surface area (Å²) in [4.78, 5) is 19.2. The molecule has 0 bridgehead atoms. The Labute approximate surface area is 147 Å². The summed E-state index contributed by atoms with van der Waals surface area (Å²) in [7, 11) is 0. The molecule has 1 fully saturated rings. The average Bonchev–Trinajstić information content (AvgIpc) is 2.67. The van der Waals surface area contributed by atoms with Crippen molar-refractivity contribution < 1.29 is 4.92 Å². The van der Waals surface area contributed by atoms with Crippen LogP contribution in [0.5, 0.6) is 0 Å². The molecule has 7 nitrogen and oxygen atoms in total. The third kappa shape index (κ3) is 4.98. The van der Waals surface area contributed by atoms with E-state index < -0.39 is 0 Å². The molecule has 1 aromatic heterocycles. The Bertz CT molecular complexity index is 670. The van der Waals surface area contributed by atoms with Crippen molar-refractivity contribution in [3.8, 4) is 0 Å². The summed E-state index contributed by atoms with van der Waals surface area (Å²) < 4.78 is 0. The fourth-order valence-corrected chi connectivity index (χ4v) is 2.99. The number of hydrogen-bond acceptors (Lipinski definition) is 6. The lowest BCUT2D eigenvalue weighted by Gasteiger charge is -2.36. The molecule has 3 rings (SSSR count). The molecule has 2 aromatic rings. The van der Waals surface area contributed by atoms with Gasteiger partial charge >= 0.3 is 0 Å². The van der Waals surface area contributed by atoms with Gasteiger partial charge in [-0.1, -0.05) is 6.07 Å². The Kier molecular flexibility index (Phi) is 5.92. The van der Waals surface area contributed by atoms with Gasteiger partial charge in [0.2, 0.25) is 0 Å². The molecule has 1 N–H and O–H groups in total. The summed E-state index contributed by atoms with van der Waals surface area (Å²) >= 11 is 0. The van der Waals surface area contributed by atoms with Gasteiger partial charge in [0.1, 0.15) is 0 Å². The zero-order valence-electron chi connectivity index (χ0n) is 14.2. The molecule has 0 radical (unpaired) electrons. The predicted octanol–water partition coefficient (Wildman–Crippen LogP) is 1.90. The molecule has 0 saturated carbocycles. The third-order valence-electron chi connectivity index (χ3n) is 4.45. The zero-order valence-corrected chi connectivity index (χ0v) is 14.2. The maximum Gasteiger partial charge on any atom is 0.269 e. The van der Waals surface area contributed by atoms with Gasteiger partial charge in [-0.25, -0.2) is 0 Å². The molecule has 0 atom stereocenters. The van der Waals surface area contributed by atoms with E-state index in [9.17, 15) is 10.1 Å². The monoisotopic (exact) mass is 341 g/mol. The minimum Gasteiger partial charge on any atom is -0.369 e. The van der Waals surface area contributed by atoms with Crippen LogP contribution in [0, 0.1) is 10.1 Å².